The first-order chi connectivity index (χ1) is 7.27. The van der Waals surface area contributed by atoms with Crippen LogP contribution in [0.1, 0.15) is 32.3 Å². The zero-order valence-electron chi connectivity index (χ0n) is 9.36. The quantitative estimate of drug-likeness (QED) is 0.746. The van der Waals surface area contributed by atoms with Gasteiger partial charge in [0.1, 0.15) is 0 Å². The van der Waals surface area contributed by atoms with Gasteiger partial charge in [0.05, 0.1) is 6.61 Å². The molecule has 0 radical (unpaired) electrons. The highest BCUT2D eigenvalue weighted by Crippen LogP contribution is 2.27. The van der Waals surface area contributed by atoms with Crippen molar-refractivity contribution in [2.24, 2.45) is 0 Å². The first kappa shape index (κ1) is 11.6. The summed E-state index contributed by atoms with van der Waals surface area (Å²) in [6, 6.07) is 5.45. The largest absolute Gasteiger partial charge is 0.504 e. The Bertz CT molecular complexity index is 329. The number of allylic oxidation sites excluding steroid dienone is 1. The minimum absolute atomic E-state index is 0.210. The van der Waals surface area contributed by atoms with E-state index in [9.17, 15) is 5.11 Å². The summed E-state index contributed by atoms with van der Waals surface area (Å²) >= 11 is 0. The summed E-state index contributed by atoms with van der Waals surface area (Å²) in [6.45, 7) is 4.72. The van der Waals surface area contributed by atoms with Gasteiger partial charge in [0.25, 0.3) is 0 Å². The molecule has 2 heteroatoms. The molecule has 15 heavy (non-hydrogen) atoms. The van der Waals surface area contributed by atoms with Crippen molar-refractivity contribution in [1.82, 2.24) is 0 Å². The van der Waals surface area contributed by atoms with Crippen LogP contribution in [0.2, 0.25) is 0 Å². The van der Waals surface area contributed by atoms with Crippen LogP contribution in [0.5, 0.6) is 11.5 Å². The number of hydrogen-bond acceptors (Lipinski definition) is 2. The van der Waals surface area contributed by atoms with Gasteiger partial charge >= 0.3 is 0 Å². The summed E-state index contributed by atoms with van der Waals surface area (Å²) in [5.74, 6) is 0.776. The molecule has 0 bridgehead atoms. The molecule has 1 rings (SSSR count). The maximum Gasteiger partial charge on any atom is 0.160 e. The van der Waals surface area contributed by atoms with Crippen molar-refractivity contribution in [2.75, 3.05) is 6.61 Å². The molecule has 0 atom stereocenters. The Morgan fingerprint density at radius 3 is 2.80 bits per heavy atom. The fourth-order valence-corrected chi connectivity index (χ4v) is 1.28. The third kappa shape index (κ3) is 3.66. The number of hydrogen-bond donors (Lipinski definition) is 1. The number of phenols is 1. The van der Waals surface area contributed by atoms with Crippen LogP contribution in [0.25, 0.3) is 6.08 Å². The molecule has 2 nitrogen and oxygen atoms in total. The molecular formula is C13H18O2. The number of benzene rings is 1. The van der Waals surface area contributed by atoms with Crippen LogP contribution in [0.4, 0.5) is 0 Å². The second-order valence-corrected chi connectivity index (χ2v) is 3.43. The van der Waals surface area contributed by atoms with E-state index in [1.165, 1.54) is 0 Å². The Morgan fingerprint density at radius 2 is 2.20 bits per heavy atom. The van der Waals surface area contributed by atoms with Crippen molar-refractivity contribution in [3.8, 4) is 11.5 Å². The SMILES string of the molecule is CC=Cc1ccc(OCCCC)c(O)c1. The van der Waals surface area contributed by atoms with E-state index in [0.717, 1.165) is 18.4 Å². The third-order valence-electron chi connectivity index (χ3n) is 2.10. The molecule has 0 unspecified atom stereocenters. The van der Waals surface area contributed by atoms with Crippen LogP contribution in [-0.2, 0) is 0 Å². The van der Waals surface area contributed by atoms with Crippen LogP contribution >= 0.6 is 0 Å². The maximum atomic E-state index is 9.66. The lowest BCUT2D eigenvalue weighted by Gasteiger charge is -2.07. The fraction of sp³-hybridized carbons (Fsp3) is 0.385. The molecule has 1 aromatic rings. The van der Waals surface area contributed by atoms with Gasteiger partial charge in [-0.05, 0) is 31.0 Å². The third-order valence-corrected chi connectivity index (χ3v) is 2.10. The predicted octanol–water partition coefficient (Wildman–Crippen LogP) is 3.60. The molecule has 0 aromatic heterocycles. The highest BCUT2D eigenvalue weighted by atomic mass is 16.5. The first-order valence-corrected chi connectivity index (χ1v) is 5.36. The summed E-state index contributed by atoms with van der Waals surface area (Å²) in [6.07, 6.45) is 5.98. The van der Waals surface area contributed by atoms with E-state index in [1.54, 1.807) is 12.1 Å². The van der Waals surface area contributed by atoms with E-state index in [4.69, 9.17) is 4.74 Å². The standard InChI is InChI=1S/C13H18O2/c1-3-5-9-15-13-8-7-11(6-4-2)10-12(13)14/h4,6-8,10,14H,3,5,9H2,1-2H3. The van der Waals surface area contributed by atoms with Crippen molar-refractivity contribution >= 4 is 6.08 Å². The molecule has 1 N–H and O–H groups in total. The number of rotatable bonds is 5. The van der Waals surface area contributed by atoms with Gasteiger partial charge in [-0.3, -0.25) is 0 Å². The van der Waals surface area contributed by atoms with Gasteiger partial charge in [-0.2, -0.15) is 0 Å². The smallest absolute Gasteiger partial charge is 0.160 e. The van der Waals surface area contributed by atoms with E-state index in [-0.39, 0.29) is 5.75 Å². The van der Waals surface area contributed by atoms with E-state index in [1.807, 2.05) is 25.1 Å². The minimum atomic E-state index is 0.210. The monoisotopic (exact) mass is 206 g/mol. The van der Waals surface area contributed by atoms with Crippen LogP contribution in [0, 0.1) is 0 Å². The van der Waals surface area contributed by atoms with Gasteiger partial charge in [-0.1, -0.05) is 31.6 Å². The first-order valence-electron chi connectivity index (χ1n) is 5.36. The van der Waals surface area contributed by atoms with Gasteiger partial charge in [0.2, 0.25) is 0 Å². The lowest BCUT2D eigenvalue weighted by atomic mass is 10.2. The topological polar surface area (TPSA) is 29.5 Å². The molecule has 0 fully saturated rings. The second kappa shape index (κ2) is 6.12. The van der Waals surface area contributed by atoms with Crippen molar-refractivity contribution in [3.63, 3.8) is 0 Å². The minimum Gasteiger partial charge on any atom is -0.504 e. The van der Waals surface area contributed by atoms with Gasteiger partial charge in [-0.15, -0.1) is 0 Å². The predicted molar refractivity (Wildman–Crippen MR) is 63.2 cm³/mol. The summed E-state index contributed by atoms with van der Waals surface area (Å²) in [4.78, 5) is 0. The molecule has 0 saturated heterocycles. The van der Waals surface area contributed by atoms with Crippen LogP contribution < -0.4 is 4.74 Å². The van der Waals surface area contributed by atoms with Crippen LogP contribution in [0.3, 0.4) is 0 Å². The lowest BCUT2D eigenvalue weighted by molar-refractivity contribution is 0.293. The second-order valence-electron chi connectivity index (χ2n) is 3.43. The molecule has 82 valence electrons. The molecule has 0 amide bonds. The Kier molecular flexibility index (Phi) is 4.75. The highest BCUT2D eigenvalue weighted by molar-refractivity contribution is 5.55. The highest BCUT2D eigenvalue weighted by Gasteiger charge is 2.01. The molecule has 0 aliphatic carbocycles. The van der Waals surface area contributed by atoms with E-state index >= 15 is 0 Å². The average molecular weight is 206 g/mol. The van der Waals surface area contributed by atoms with Crippen molar-refractivity contribution < 1.29 is 9.84 Å². The normalized spacial score (nSPS) is 10.8. The molecule has 0 aliphatic heterocycles. The van der Waals surface area contributed by atoms with Gasteiger partial charge in [0.15, 0.2) is 11.5 Å². The van der Waals surface area contributed by atoms with E-state index in [2.05, 4.69) is 6.92 Å². The zero-order valence-corrected chi connectivity index (χ0v) is 9.36. The number of unbranched alkanes of at least 4 members (excludes halogenated alkanes) is 1. The average Bonchev–Trinajstić information content (AvgIpc) is 2.22. The molecule has 0 saturated carbocycles. The number of aromatic hydroxyl groups is 1. The Labute approximate surface area is 91.2 Å². The number of phenolic OH excluding ortho intramolecular Hbond substituents is 1. The van der Waals surface area contributed by atoms with Crippen LogP contribution in [-0.4, -0.2) is 11.7 Å². The van der Waals surface area contributed by atoms with Crippen molar-refractivity contribution in [1.29, 1.82) is 0 Å². The summed E-state index contributed by atoms with van der Waals surface area (Å²) in [5, 5.41) is 9.66. The van der Waals surface area contributed by atoms with Crippen molar-refractivity contribution in [2.45, 2.75) is 26.7 Å². The molecule has 0 aliphatic rings. The van der Waals surface area contributed by atoms with Gasteiger partial charge in [-0.25, -0.2) is 0 Å². The van der Waals surface area contributed by atoms with Crippen LogP contribution in [0.15, 0.2) is 24.3 Å². The Morgan fingerprint density at radius 1 is 1.40 bits per heavy atom. The lowest BCUT2D eigenvalue weighted by Crippen LogP contribution is -1.96. The molecule has 0 heterocycles. The summed E-state index contributed by atoms with van der Waals surface area (Å²) in [5.41, 5.74) is 0.984. The Balaban J connectivity index is 2.66. The summed E-state index contributed by atoms with van der Waals surface area (Å²) in [7, 11) is 0. The Hall–Kier alpha value is -1.44. The van der Waals surface area contributed by atoms with Gasteiger partial charge < -0.3 is 9.84 Å². The fourth-order valence-electron chi connectivity index (χ4n) is 1.28. The molecule has 0 spiro atoms. The zero-order chi connectivity index (χ0) is 11.1. The van der Waals surface area contributed by atoms with E-state index in [0.29, 0.717) is 12.4 Å². The van der Waals surface area contributed by atoms with Gasteiger partial charge in [0, 0.05) is 0 Å². The van der Waals surface area contributed by atoms with E-state index < -0.39 is 0 Å². The maximum absolute atomic E-state index is 9.66. The molecule has 1 aromatic carbocycles. The summed E-state index contributed by atoms with van der Waals surface area (Å²) < 4.78 is 5.44. The number of ether oxygens (including phenoxy) is 1. The molecular weight excluding hydrogens is 188 g/mol. The van der Waals surface area contributed by atoms with Crippen molar-refractivity contribution in [3.05, 3.63) is 29.8 Å².